The minimum atomic E-state index is -3.04. The molecular weight excluding hydrogens is 410 g/mol. The van der Waals surface area contributed by atoms with Crippen LogP contribution in [-0.2, 0) is 22.7 Å². The summed E-state index contributed by atoms with van der Waals surface area (Å²) in [5.74, 6) is 0.261. The molecule has 0 fully saturated rings. The smallest absolute Gasteiger partial charge is 0.202 e. The summed E-state index contributed by atoms with van der Waals surface area (Å²) < 4.78 is 23.9. The van der Waals surface area contributed by atoms with Gasteiger partial charge in [-0.1, -0.05) is 45.0 Å². The van der Waals surface area contributed by atoms with Crippen molar-refractivity contribution in [3.63, 3.8) is 0 Å². The minimum Gasteiger partial charge on any atom is -0.327 e. The fourth-order valence-corrected chi connectivity index (χ4v) is 4.58. The Balaban J connectivity index is 1.91. The van der Waals surface area contributed by atoms with Gasteiger partial charge < -0.3 is 4.98 Å². The molecule has 0 spiro atoms. The number of aromatic nitrogens is 2. The molecule has 0 bridgehead atoms. The Morgan fingerprint density at radius 1 is 1.32 bits per heavy atom. The summed E-state index contributed by atoms with van der Waals surface area (Å²) in [5.41, 5.74) is 4.59. The summed E-state index contributed by atoms with van der Waals surface area (Å²) in [4.78, 5) is 19.5. The van der Waals surface area contributed by atoms with Gasteiger partial charge in [-0.2, -0.15) is 5.26 Å². The quantitative estimate of drug-likeness (QED) is 0.618. The van der Waals surface area contributed by atoms with Crippen LogP contribution in [0.1, 0.15) is 73.0 Å². The van der Waals surface area contributed by atoms with Gasteiger partial charge in [-0.3, -0.25) is 4.79 Å². The standard InChI is InChI=1S/C24H29N3O3S/c1-4-31(29,30)12-9-17-5-6-19(14-22(28)23-26-16-20(15-25)27-23)21(13-17)18-7-10-24(2,3)11-8-18/h5-7,13,16H,4,8-12,14H2,1-3H3,(H,26,27). The highest BCUT2D eigenvalue weighted by Gasteiger charge is 2.24. The van der Waals surface area contributed by atoms with Gasteiger partial charge in [0.1, 0.15) is 21.6 Å². The molecule has 0 atom stereocenters. The molecule has 7 heteroatoms. The number of Topliss-reactive ketones (excluding diaryl/α,β-unsaturated/α-hetero) is 1. The van der Waals surface area contributed by atoms with E-state index in [9.17, 15) is 13.2 Å². The zero-order chi connectivity index (χ0) is 22.6. The number of ketones is 1. The van der Waals surface area contributed by atoms with Crippen LogP contribution in [-0.4, -0.2) is 35.7 Å². The number of sulfone groups is 1. The number of allylic oxidation sites excluding steroid dienone is 2. The average molecular weight is 440 g/mol. The monoisotopic (exact) mass is 439 g/mol. The van der Waals surface area contributed by atoms with Crippen molar-refractivity contribution in [2.45, 2.75) is 52.9 Å². The molecule has 0 saturated carbocycles. The lowest BCUT2D eigenvalue weighted by Crippen LogP contribution is -2.15. The molecule has 2 aromatic rings. The van der Waals surface area contributed by atoms with E-state index in [1.807, 2.05) is 24.3 Å². The molecule has 0 unspecified atom stereocenters. The Morgan fingerprint density at radius 3 is 2.71 bits per heavy atom. The third kappa shape index (κ3) is 5.92. The van der Waals surface area contributed by atoms with E-state index in [0.29, 0.717) is 6.42 Å². The van der Waals surface area contributed by atoms with E-state index in [-0.39, 0.29) is 40.6 Å². The molecule has 0 saturated heterocycles. The van der Waals surface area contributed by atoms with E-state index in [1.54, 1.807) is 6.92 Å². The number of aromatic amines is 1. The maximum absolute atomic E-state index is 12.8. The molecule has 0 amide bonds. The molecular formula is C24H29N3O3S. The Morgan fingerprint density at radius 2 is 2.10 bits per heavy atom. The summed E-state index contributed by atoms with van der Waals surface area (Å²) in [6.45, 7) is 6.16. The van der Waals surface area contributed by atoms with Crippen LogP contribution in [0.3, 0.4) is 0 Å². The Kier molecular flexibility index (Phi) is 6.80. The van der Waals surface area contributed by atoms with Crippen LogP contribution >= 0.6 is 0 Å². The van der Waals surface area contributed by atoms with Crippen molar-refractivity contribution in [2.24, 2.45) is 5.41 Å². The van der Waals surface area contributed by atoms with Gasteiger partial charge in [0, 0.05) is 12.2 Å². The highest BCUT2D eigenvalue weighted by Crippen LogP contribution is 2.39. The number of rotatable bonds is 8. The number of hydrogen-bond acceptors (Lipinski definition) is 5. The van der Waals surface area contributed by atoms with E-state index in [2.05, 4.69) is 29.9 Å². The molecule has 0 radical (unpaired) electrons. The van der Waals surface area contributed by atoms with Crippen LogP contribution in [0.15, 0.2) is 30.5 Å². The number of nitrogens with one attached hydrogen (secondary N) is 1. The van der Waals surface area contributed by atoms with Crippen molar-refractivity contribution >= 4 is 21.2 Å². The number of carbonyl (C=O) groups is 1. The molecule has 1 aromatic heterocycles. The maximum Gasteiger partial charge on any atom is 0.202 e. The van der Waals surface area contributed by atoms with E-state index in [1.165, 1.54) is 11.8 Å². The Hall–Kier alpha value is -2.72. The van der Waals surface area contributed by atoms with Crippen molar-refractivity contribution in [3.05, 3.63) is 58.7 Å². The van der Waals surface area contributed by atoms with E-state index < -0.39 is 9.84 Å². The predicted octanol–water partition coefficient (Wildman–Crippen LogP) is 4.28. The average Bonchev–Trinajstić information content (AvgIpc) is 3.23. The normalized spacial score (nSPS) is 15.9. The third-order valence-corrected chi connectivity index (χ3v) is 7.65. The predicted molar refractivity (Wildman–Crippen MR) is 121 cm³/mol. The molecule has 3 rings (SSSR count). The number of hydrogen-bond donors (Lipinski definition) is 1. The van der Waals surface area contributed by atoms with Gasteiger partial charge in [0.05, 0.1) is 11.9 Å². The third-order valence-electron chi connectivity index (χ3n) is 5.95. The van der Waals surface area contributed by atoms with Crippen LogP contribution in [0.4, 0.5) is 0 Å². The molecule has 1 heterocycles. The van der Waals surface area contributed by atoms with Gasteiger partial charge >= 0.3 is 0 Å². The van der Waals surface area contributed by atoms with E-state index in [0.717, 1.165) is 36.0 Å². The molecule has 1 aliphatic carbocycles. The first-order valence-electron chi connectivity index (χ1n) is 10.6. The molecule has 164 valence electrons. The first-order chi connectivity index (χ1) is 14.6. The molecule has 1 N–H and O–H groups in total. The Labute approximate surface area is 184 Å². The van der Waals surface area contributed by atoms with Crippen LogP contribution in [0.2, 0.25) is 0 Å². The second kappa shape index (κ2) is 9.19. The lowest BCUT2D eigenvalue weighted by Gasteiger charge is -2.29. The number of nitrogens with zero attached hydrogens (tertiary/aromatic N) is 2. The van der Waals surface area contributed by atoms with Crippen molar-refractivity contribution in [1.82, 2.24) is 9.97 Å². The summed E-state index contributed by atoms with van der Waals surface area (Å²) in [5, 5.41) is 8.95. The van der Waals surface area contributed by atoms with Gasteiger partial charge in [0.15, 0.2) is 5.82 Å². The highest BCUT2D eigenvalue weighted by molar-refractivity contribution is 7.91. The zero-order valence-corrected chi connectivity index (χ0v) is 19.2. The van der Waals surface area contributed by atoms with Crippen LogP contribution in [0, 0.1) is 16.7 Å². The molecule has 0 aliphatic heterocycles. The lowest BCUT2D eigenvalue weighted by atomic mass is 9.76. The van der Waals surface area contributed by atoms with Crippen molar-refractivity contribution in [1.29, 1.82) is 5.26 Å². The van der Waals surface area contributed by atoms with Crippen molar-refractivity contribution in [3.8, 4) is 6.07 Å². The van der Waals surface area contributed by atoms with Gasteiger partial charge in [-0.05, 0) is 53.4 Å². The minimum absolute atomic E-state index is 0.122. The zero-order valence-electron chi connectivity index (χ0n) is 18.4. The lowest BCUT2D eigenvalue weighted by molar-refractivity contribution is 0.0984. The van der Waals surface area contributed by atoms with Crippen LogP contribution in [0.25, 0.3) is 5.57 Å². The molecule has 31 heavy (non-hydrogen) atoms. The van der Waals surface area contributed by atoms with Crippen LogP contribution in [0.5, 0.6) is 0 Å². The number of aryl methyl sites for hydroxylation is 1. The number of nitriles is 1. The van der Waals surface area contributed by atoms with Gasteiger partial charge in [-0.25, -0.2) is 13.4 Å². The summed E-state index contributed by atoms with van der Waals surface area (Å²) >= 11 is 0. The van der Waals surface area contributed by atoms with Crippen molar-refractivity contribution < 1.29 is 13.2 Å². The van der Waals surface area contributed by atoms with Gasteiger partial charge in [-0.15, -0.1) is 0 Å². The highest BCUT2D eigenvalue weighted by atomic mass is 32.2. The largest absolute Gasteiger partial charge is 0.327 e. The topological polar surface area (TPSA) is 104 Å². The van der Waals surface area contributed by atoms with E-state index in [4.69, 9.17) is 5.26 Å². The fraction of sp³-hybridized carbons (Fsp3) is 0.458. The van der Waals surface area contributed by atoms with Crippen molar-refractivity contribution in [2.75, 3.05) is 11.5 Å². The molecule has 6 nitrogen and oxygen atoms in total. The van der Waals surface area contributed by atoms with Crippen LogP contribution < -0.4 is 0 Å². The molecule has 1 aromatic carbocycles. The number of carbonyl (C=O) groups excluding carboxylic acids is 1. The molecule has 1 aliphatic rings. The van der Waals surface area contributed by atoms with E-state index >= 15 is 0 Å². The SMILES string of the molecule is CCS(=O)(=O)CCc1ccc(CC(=O)c2ncc(C#N)[nH]2)c(C2=CCC(C)(C)CC2)c1. The maximum atomic E-state index is 12.8. The first kappa shape index (κ1) is 23.0. The summed E-state index contributed by atoms with van der Waals surface area (Å²) in [7, 11) is -3.04. The number of benzene rings is 1. The fourth-order valence-electron chi connectivity index (χ4n) is 3.75. The van der Waals surface area contributed by atoms with Gasteiger partial charge in [0.2, 0.25) is 5.78 Å². The number of imidazole rings is 1. The summed E-state index contributed by atoms with van der Waals surface area (Å²) in [6.07, 6.45) is 7.18. The van der Waals surface area contributed by atoms with Gasteiger partial charge in [0.25, 0.3) is 0 Å². The number of H-pyrrole nitrogens is 1. The summed E-state index contributed by atoms with van der Waals surface area (Å²) in [6, 6.07) is 7.83. The first-order valence-corrected chi connectivity index (χ1v) is 12.4. The second-order valence-electron chi connectivity index (χ2n) is 8.93. The second-order valence-corrected chi connectivity index (χ2v) is 11.4. The Bertz CT molecular complexity index is 1150.